The molecular weight excluding hydrogens is 1420 g/mol. The molecule has 3 aliphatic heterocycles. The number of amides is 1. The van der Waals surface area contributed by atoms with Gasteiger partial charge in [-0.15, -0.1) is 10.2 Å². The largest absolute Gasteiger partial charge is 0.492 e. The van der Waals surface area contributed by atoms with Crippen molar-refractivity contribution in [1.29, 1.82) is 0 Å². The fraction of sp³-hybridized carbons (Fsp3) is 0.295. The SMILES string of the molecule is CCCNC(=O)Cn1cc(-c2cccc3nc(Cc4ccc(CCCN5CCCC5)cc4)nn23)cn1.Fc1ccc(CNc2cccc(-c3cccc4nc(Nc5ccc(OCCN6CCCC6)cc5)nn34)c2)nc1.c1cncc(CNc2cccc(-c3cccc4nc(Nc5ccc(OCCN6CCCC6)cc5)nn34)c2)c1. The molecule has 5 N–H and O–H groups in total. The number of nitrogens with zero attached hydrogens (tertiary/aromatic N) is 16. The average molecular weight is 1510 g/mol. The maximum Gasteiger partial charge on any atom is 0.247 e. The molecule has 25 heteroatoms. The van der Waals surface area contributed by atoms with Crippen LogP contribution < -0.4 is 36.1 Å². The summed E-state index contributed by atoms with van der Waals surface area (Å²) in [4.78, 5) is 41.9. The van der Waals surface area contributed by atoms with Crippen molar-refractivity contribution in [3.05, 3.63) is 265 Å². The van der Waals surface area contributed by atoms with Gasteiger partial charge in [0.15, 0.2) is 22.8 Å². The number of ether oxygens (including phenoxy) is 2. The van der Waals surface area contributed by atoms with Crippen LogP contribution in [0.3, 0.4) is 0 Å². The zero-order valence-electron chi connectivity index (χ0n) is 63.9. The van der Waals surface area contributed by atoms with E-state index in [2.05, 4.69) is 122 Å². The number of carbonyl (C=O) groups is 1. The number of hydrogen-bond donors (Lipinski definition) is 5. The quantitative estimate of drug-likeness (QED) is 0.0271. The molecule has 0 saturated carbocycles. The number of nitrogens with one attached hydrogen (secondary N) is 5. The van der Waals surface area contributed by atoms with E-state index in [1.165, 1.54) is 114 Å². The van der Waals surface area contributed by atoms with Gasteiger partial charge in [0.2, 0.25) is 17.8 Å². The molecule has 0 unspecified atom stereocenters. The smallest absolute Gasteiger partial charge is 0.247 e. The van der Waals surface area contributed by atoms with E-state index in [-0.39, 0.29) is 18.3 Å². The van der Waals surface area contributed by atoms with Crippen LogP contribution in [-0.4, -0.2) is 163 Å². The number of hydrogen-bond acceptors (Lipinski definition) is 19. The van der Waals surface area contributed by atoms with Crippen molar-refractivity contribution in [2.24, 2.45) is 0 Å². The fourth-order valence-corrected chi connectivity index (χ4v) is 14.3. The first-order chi connectivity index (χ1) is 55.7. The number of rotatable bonds is 31. The minimum atomic E-state index is -0.343. The van der Waals surface area contributed by atoms with Crippen LogP contribution in [0.2, 0.25) is 0 Å². The normalized spacial score (nSPS) is 13.7. The van der Waals surface area contributed by atoms with Crippen molar-refractivity contribution in [1.82, 2.24) is 83.6 Å². The number of fused-ring (bicyclic) bond motifs is 3. The van der Waals surface area contributed by atoms with Crippen LogP contribution in [0.1, 0.15) is 86.5 Å². The summed E-state index contributed by atoms with van der Waals surface area (Å²) >= 11 is 0. The number of pyridine rings is 5. The summed E-state index contributed by atoms with van der Waals surface area (Å²) in [6, 6.07) is 66.1. The first-order valence-corrected chi connectivity index (χ1v) is 39.5. The van der Waals surface area contributed by atoms with Gasteiger partial charge in [0, 0.05) is 90.6 Å². The van der Waals surface area contributed by atoms with Crippen LogP contribution in [0.15, 0.2) is 231 Å². The molecule has 0 aliphatic carbocycles. The Morgan fingerprint density at radius 1 is 0.487 bits per heavy atom. The second-order valence-electron chi connectivity index (χ2n) is 28.7. The first-order valence-electron chi connectivity index (χ1n) is 39.5. The Kier molecular flexibility index (Phi) is 25.5. The van der Waals surface area contributed by atoms with E-state index in [0.29, 0.717) is 51.2 Å². The summed E-state index contributed by atoms with van der Waals surface area (Å²) in [5.74, 6) is 3.20. The Morgan fingerprint density at radius 2 is 1.02 bits per heavy atom. The number of anilines is 6. The zero-order valence-corrected chi connectivity index (χ0v) is 63.9. The van der Waals surface area contributed by atoms with E-state index in [1.54, 1.807) is 23.1 Å². The van der Waals surface area contributed by atoms with Gasteiger partial charge >= 0.3 is 0 Å². The molecule has 3 aliphatic rings. The van der Waals surface area contributed by atoms with E-state index in [1.807, 2.05) is 160 Å². The standard InChI is InChI=1S/C30H30FN7O.C30H31N7O.C28H35N7O/c31-23-9-10-26(32-20-23)21-33-25-6-3-5-22(19-25)28-7-4-8-29-35-30(36-38(28)29)34-24-11-13-27(14-12-24)39-18-17-37-15-1-2-16-37;1-2-17-36(16-1)18-19-38-27-13-11-25(12-14-27)33-30-34-29-10-4-9-28(37(29)35-30)24-7-3-8-26(20-24)32-22-23-6-5-15-31-21-23;1-2-14-29-28(36)21-34-20-24(19-30-34)25-8-5-9-27-31-26(32-35(25)27)18-23-12-10-22(11-13-23)7-6-17-33-15-3-4-16-33/h3-14,19-20,33H,1-2,15-18,21H2,(H,34,36);3-15,20-21,32H,1-2,16-19,22H2,(H,33,35);5,8-13,19-20H,2-4,6-7,14-18,21H2,1H3,(H,29,36). The van der Waals surface area contributed by atoms with E-state index in [4.69, 9.17) is 34.7 Å². The van der Waals surface area contributed by atoms with Crippen LogP contribution in [-0.2, 0) is 37.3 Å². The Labute approximate surface area is 657 Å². The van der Waals surface area contributed by atoms with Gasteiger partial charge in [-0.1, -0.05) is 79.7 Å². The number of likely N-dealkylation sites (tertiary alicyclic amines) is 3. The van der Waals surface area contributed by atoms with Gasteiger partial charge in [-0.05, 0) is 248 Å². The minimum absolute atomic E-state index is 0.0367. The van der Waals surface area contributed by atoms with E-state index < -0.39 is 0 Å². The Morgan fingerprint density at radius 3 is 1.57 bits per heavy atom. The van der Waals surface area contributed by atoms with Gasteiger partial charge in [-0.3, -0.25) is 29.2 Å². The predicted octanol–water partition coefficient (Wildman–Crippen LogP) is 15.1. The summed E-state index contributed by atoms with van der Waals surface area (Å²) < 4.78 is 32.2. The van der Waals surface area contributed by atoms with Crippen LogP contribution in [0.5, 0.6) is 11.5 Å². The highest BCUT2D eigenvalue weighted by atomic mass is 19.1. The van der Waals surface area contributed by atoms with Crippen molar-refractivity contribution in [3.8, 4) is 45.3 Å². The number of carbonyl (C=O) groups excluding carboxylic acids is 1. The molecule has 0 radical (unpaired) electrons. The number of benzene rings is 5. The molecule has 9 aromatic heterocycles. The second kappa shape index (κ2) is 38.0. The lowest BCUT2D eigenvalue weighted by Gasteiger charge is -2.15. The first kappa shape index (κ1) is 75.9. The third kappa shape index (κ3) is 21.2. The highest BCUT2D eigenvalue weighted by Crippen LogP contribution is 2.30. The van der Waals surface area contributed by atoms with Crippen LogP contribution in [0.4, 0.5) is 39.0 Å². The lowest BCUT2D eigenvalue weighted by molar-refractivity contribution is -0.121. The minimum Gasteiger partial charge on any atom is -0.492 e. The van der Waals surface area contributed by atoms with Crippen molar-refractivity contribution < 1.29 is 18.7 Å². The molecule has 17 rings (SSSR count). The van der Waals surface area contributed by atoms with Crippen LogP contribution >= 0.6 is 0 Å². The molecule has 113 heavy (non-hydrogen) atoms. The topological polar surface area (TPSA) is 240 Å². The van der Waals surface area contributed by atoms with Crippen molar-refractivity contribution in [2.45, 2.75) is 90.8 Å². The third-order valence-corrected chi connectivity index (χ3v) is 20.2. The van der Waals surface area contributed by atoms with Gasteiger partial charge in [0.1, 0.15) is 37.1 Å². The van der Waals surface area contributed by atoms with Crippen molar-refractivity contribution >= 4 is 57.5 Å². The Bertz CT molecular complexity index is 5350. The maximum absolute atomic E-state index is 13.1. The Hall–Kier alpha value is -12.5. The maximum atomic E-state index is 13.1. The molecule has 0 atom stereocenters. The highest BCUT2D eigenvalue weighted by molar-refractivity contribution is 5.76. The molecular formula is C88H96FN21O3. The summed E-state index contributed by atoms with van der Waals surface area (Å²) in [5.41, 5.74) is 16.3. The van der Waals surface area contributed by atoms with E-state index in [9.17, 15) is 9.18 Å². The molecule has 1 amide bonds. The van der Waals surface area contributed by atoms with Crippen molar-refractivity contribution in [3.63, 3.8) is 0 Å². The second-order valence-corrected chi connectivity index (χ2v) is 28.7. The van der Waals surface area contributed by atoms with Gasteiger partial charge in [-0.25, -0.2) is 22.9 Å². The molecule has 5 aromatic carbocycles. The molecule has 14 aromatic rings. The Balaban J connectivity index is 0.000000134. The van der Waals surface area contributed by atoms with Gasteiger partial charge in [-0.2, -0.15) is 20.2 Å². The van der Waals surface area contributed by atoms with E-state index >= 15 is 0 Å². The molecule has 24 nitrogen and oxygen atoms in total. The third-order valence-electron chi connectivity index (χ3n) is 20.2. The molecule has 3 fully saturated rings. The molecule has 578 valence electrons. The van der Waals surface area contributed by atoms with Gasteiger partial charge in [0.05, 0.1) is 41.7 Å². The van der Waals surface area contributed by atoms with Gasteiger partial charge in [0.25, 0.3) is 0 Å². The molecule has 0 bridgehead atoms. The molecule has 12 heterocycles. The molecule has 0 spiro atoms. The zero-order chi connectivity index (χ0) is 76.8. The lowest BCUT2D eigenvalue weighted by atomic mass is 10.1. The summed E-state index contributed by atoms with van der Waals surface area (Å²) in [6.07, 6.45) is 20.4. The number of aryl methyl sites for hydroxylation is 1. The highest BCUT2D eigenvalue weighted by Gasteiger charge is 2.18. The predicted molar refractivity (Wildman–Crippen MR) is 442 cm³/mol. The number of halogens is 1. The fourth-order valence-electron chi connectivity index (χ4n) is 14.3. The van der Waals surface area contributed by atoms with Gasteiger partial charge < -0.3 is 41.0 Å². The van der Waals surface area contributed by atoms with E-state index in [0.717, 1.165) is 128 Å². The van der Waals surface area contributed by atoms with Crippen LogP contribution in [0.25, 0.3) is 50.7 Å². The average Bonchev–Trinajstić information content (AvgIpc) is 1.65. The summed E-state index contributed by atoms with van der Waals surface area (Å²) in [6.45, 7) is 16.0. The number of aromatic nitrogens is 13. The molecule has 3 saturated heterocycles. The summed E-state index contributed by atoms with van der Waals surface area (Å²) in [7, 11) is 0. The van der Waals surface area contributed by atoms with Crippen molar-refractivity contribution in [2.75, 3.05) is 99.9 Å². The lowest BCUT2D eigenvalue weighted by Crippen LogP contribution is -2.28. The van der Waals surface area contributed by atoms with Crippen LogP contribution in [0, 0.1) is 5.82 Å². The summed E-state index contributed by atoms with van der Waals surface area (Å²) in [5, 5.41) is 35.0. The monoisotopic (exact) mass is 1510 g/mol.